The molecule has 0 saturated heterocycles. The molecule has 0 aromatic carbocycles. The first-order valence-corrected chi connectivity index (χ1v) is 3.55. The second kappa shape index (κ2) is 3.06. The number of hydrogen-bond acceptors (Lipinski definition) is 1. The summed E-state index contributed by atoms with van der Waals surface area (Å²) in [6.07, 6.45) is 0. The van der Waals surface area contributed by atoms with E-state index in [9.17, 15) is 4.57 Å². The standard InChI is InChI=1S/Ni.H3O3PS/c;1-4(2,3)5/h;(H3,1,2,3,5). The summed E-state index contributed by atoms with van der Waals surface area (Å²) in [7, 11) is 0. The van der Waals surface area contributed by atoms with E-state index in [1.54, 1.807) is 0 Å². The Bertz CT molecular complexity index is 56.9. The Morgan fingerprint density at radius 1 is 1.50 bits per heavy atom. The predicted molar refractivity (Wildman–Crippen MR) is 21.0 cm³/mol. The molecule has 0 rings (SSSR count). The van der Waals surface area contributed by atoms with Crippen molar-refractivity contribution in [2.24, 2.45) is 0 Å². The predicted octanol–water partition coefficient (Wildman–Crippen LogP) is 0.00640. The van der Waals surface area contributed by atoms with Crippen LogP contribution in [0.1, 0.15) is 0 Å². The van der Waals surface area contributed by atoms with Crippen molar-refractivity contribution in [3.63, 3.8) is 0 Å². The van der Waals surface area contributed by atoms with E-state index in [1.807, 2.05) is 0 Å². The fourth-order valence-electron chi connectivity index (χ4n) is 0. The third-order valence-corrected chi connectivity index (χ3v) is 0. The molecule has 0 radical (unpaired) electrons. The summed E-state index contributed by atoms with van der Waals surface area (Å²) in [6, 6.07) is 0. The largest absolute Gasteiger partial charge is 0.380 e. The van der Waals surface area contributed by atoms with Gasteiger partial charge in [0.1, 0.15) is 0 Å². The molecule has 2 N–H and O–H groups in total. The van der Waals surface area contributed by atoms with Crippen molar-refractivity contribution >= 4 is 19.0 Å². The SMILES string of the molecule is O=P(O)(O)S.[Ni]. The zero-order chi connectivity index (χ0) is 4.50. The molecule has 0 unspecified atom stereocenters. The van der Waals surface area contributed by atoms with Crippen LogP contribution >= 0.6 is 19.0 Å². The van der Waals surface area contributed by atoms with Crippen LogP contribution < -0.4 is 0 Å². The van der Waals surface area contributed by atoms with Crippen LogP contribution in [-0.2, 0) is 21.1 Å². The minimum Gasteiger partial charge on any atom is -0.317 e. The van der Waals surface area contributed by atoms with Gasteiger partial charge < -0.3 is 9.79 Å². The van der Waals surface area contributed by atoms with Gasteiger partial charge in [0, 0.05) is 16.5 Å². The summed E-state index contributed by atoms with van der Waals surface area (Å²) in [5, 5.41) is 0. The quantitative estimate of drug-likeness (QED) is 0.274. The van der Waals surface area contributed by atoms with E-state index < -0.39 is 6.80 Å². The molecule has 0 saturated carbocycles. The van der Waals surface area contributed by atoms with Crippen LogP contribution in [0.15, 0.2) is 0 Å². The molecule has 0 aliphatic rings. The minimum absolute atomic E-state index is 0. The first kappa shape index (κ1) is 10.1. The number of thiol groups is 1. The van der Waals surface area contributed by atoms with Crippen molar-refractivity contribution in [1.29, 1.82) is 0 Å². The first-order valence-electron chi connectivity index (χ1n) is 0.783. The van der Waals surface area contributed by atoms with E-state index in [0.717, 1.165) is 0 Å². The van der Waals surface area contributed by atoms with Crippen molar-refractivity contribution in [2.45, 2.75) is 0 Å². The van der Waals surface area contributed by atoms with Crippen LogP contribution in [0.25, 0.3) is 0 Å². The van der Waals surface area contributed by atoms with Crippen molar-refractivity contribution in [2.75, 3.05) is 0 Å². The van der Waals surface area contributed by atoms with E-state index in [1.165, 1.54) is 0 Å². The second-order valence-electron chi connectivity index (χ2n) is 0.513. The van der Waals surface area contributed by atoms with Gasteiger partial charge in [0.25, 0.3) is 0 Å². The summed E-state index contributed by atoms with van der Waals surface area (Å²) in [5.41, 5.74) is 0. The molecule has 0 bridgehead atoms. The Hall–Kier alpha value is 0.994. The third kappa shape index (κ3) is 80.7. The molecule has 0 amide bonds. The Morgan fingerprint density at radius 3 is 1.50 bits per heavy atom. The maximum Gasteiger partial charge on any atom is 0.380 e. The van der Waals surface area contributed by atoms with Gasteiger partial charge in [0.2, 0.25) is 0 Å². The zero-order valence-electron chi connectivity index (χ0n) is 2.51. The van der Waals surface area contributed by atoms with Gasteiger partial charge in [-0.05, 0) is 0 Å². The number of rotatable bonds is 0. The maximum atomic E-state index is 9.19. The summed E-state index contributed by atoms with van der Waals surface area (Å²) in [5.74, 6) is 0. The first-order chi connectivity index (χ1) is 2.00. The third-order valence-electron chi connectivity index (χ3n) is 0. The van der Waals surface area contributed by atoms with Crippen LogP contribution in [0.3, 0.4) is 0 Å². The fourth-order valence-corrected chi connectivity index (χ4v) is 0. The molecule has 3 nitrogen and oxygen atoms in total. The molecule has 0 aliphatic heterocycles. The monoisotopic (exact) mass is 172 g/mol. The van der Waals surface area contributed by atoms with Crippen molar-refractivity contribution in [1.82, 2.24) is 0 Å². The van der Waals surface area contributed by atoms with Gasteiger partial charge in [-0.15, -0.1) is 0 Å². The van der Waals surface area contributed by atoms with Gasteiger partial charge >= 0.3 is 6.80 Å². The van der Waals surface area contributed by atoms with Gasteiger partial charge in [-0.3, -0.25) is 0 Å². The van der Waals surface area contributed by atoms with Crippen molar-refractivity contribution in [3.05, 3.63) is 0 Å². The molecule has 6 heavy (non-hydrogen) atoms. The summed E-state index contributed by atoms with van der Waals surface area (Å²) in [6.45, 7) is -3.94. The van der Waals surface area contributed by atoms with Crippen molar-refractivity contribution in [3.8, 4) is 0 Å². The summed E-state index contributed by atoms with van der Waals surface area (Å²) < 4.78 is 9.19. The Morgan fingerprint density at radius 2 is 1.50 bits per heavy atom. The number of hydrogen-bond donors (Lipinski definition) is 3. The molecular formula is H3NiO3PS. The molecule has 0 fully saturated rings. The normalized spacial score (nSPS) is 9.83. The van der Waals surface area contributed by atoms with E-state index in [0.29, 0.717) is 0 Å². The molecule has 0 aromatic rings. The second-order valence-corrected chi connectivity index (χ2v) is 3.10. The van der Waals surface area contributed by atoms with E-state index in [2.05, 4.69) is 12.2 Å². The Labute approximate surface area is 50.4 Å². The van der Waals surface area contributed by atoms with Gasteiger partial charge in [-0.2, -0.15) is 0 Å². The topological polar surface area (TPSA) is 57.5 Å². The van der Waals surface area contributed by atoms with Crippen LogP contribution in [-0.4, -0.2) is 9.79 Å². The average molecular weight is 173 g/mol. The summed E-state index contributed by atoms with van der Waals surface area (Å²) >= 11 is 2.79. The molecule has 0 spiro atoms. The van der Waals surface area contributed by atoms with E-state index in [4.69, 9.17) is 9.79 Å². The molecule has 0 aliphatic carbocycles. The van der Waals surface area contributed by atoms with Crippen LogP contribution in [0.2, 0.25) is 0 Å². The molecule has 0 atom stereocenters. The van der Waals surface area contributed by atoms with Gasteiger partial charge in [-0.1, -0.05) is 12.2 Å². The van der Waals surface area contributed by atoms with E-state index in [-0.39, 0.29) is 16.5 Å². The Balaban J connectivity index is 0. The molecule has 6 heteroatoms. The van der Waals surface area contributed by atoms with Gasteiger partial charge in [-0.25, -0.2) is 4.57 Å². The van der Waals surface area contributed by atoms with Crippen LogP contribution in [0.5, 0.6) is 0 Å². The smallest absolute Gasteiger partial charge is 0.317 e. The average Bonchev–Trinajstić information content (AvgIpc) is 0.722. The molecular weight excluding hydrogens is 170 g/mol. The maximum absolute atomic E-state index is 9.19. The molecule has 42 valence electrons. The van der Waals surface area contributed by atoms with Crippen molar-refractivity contribution < 1.29 is 30.8 Å². The van der Waals surface area contributed by atoms with E-state index >= 15 is 0 Å². The molecule has 0 heterocycles. The van der Waals surface area contributed by atoms with Gasteiger partial charge in [0.05, 0.1) is 0 Å². The minimum atomic E-state index is -3.94. The van der Waals surface area contributed by atoms with Crippen LogP contribution in [0.4, 0.5) is 0 Å². The van der Waals surface area contributed by atoms with Crippen LogP contribution in [0, 0.1) is 0 Å². The fraction of sp³-hybridized carbons (Fsp3) is 0. The Kier molecular flexibility index (Phi) is 5.13. The van der Waals surface area contributed by atoms with Gasteiger partial charge in [0.15, 0.2) is 0 Å². The zero-order valence-corrected chi connectivity index (χ0v) is 5.29. The molecule has 0 aromatic heterocycles. The summed E-state index contributed by atoms with van der Waals surface area (Å²) in [4.78, 5) is 15.0.